The summed E-state index contributed by atoms with van der Waals surface area (Å²) >= 11 is 1.36. The molecule has 2 rings (SSSR count). The van der Waals surface area contributed by atoms with Crippen LogP contribution in [0.5, 0.6) is 0 Å². The summed E-state index contributed by atoms with van der Waals surface area (Å²) in [4.78, 5) is 4.67. The molecule has 2 N–H and O–H groups in total. The van der Waals surface area contributed by atoms with Gasteiger partial charge in [-0.2, -0.15) is 4.31 Å². The molecule has 0 amide bonds. The predicted octanol–water partition coefficient (Wildman–Crippen LogP) is 1.79. The molecule has 0 radical (unpaired) electrons. The Kier molecular flexibility index (Phi) is 4.12. The van der Waals surface area contributed by atoms with Crippen molar-refractivity contribution < 1.29 is 8.42 Å². The van der Waals surface area contributed by atoms with Crippen LogP contribution >= 0.6 is 11.3 Å². The van der Waals surface area contributed by atoms with E-state index in [1.165, 1.54) is 20.0 Å². The molecule has 0 unspecified atom stereocenters. The van der Waals surface area contributed by atoms with Gasteiger partial charge in [0.2, 0.25) is 0 Å². The van der Waals surface area contributed by atoms with Gasteiger partial charge in [0.15, 0.2) is 15.8 Å². The molecular weight excluding hydrogens is 284 g/mol. The molecule has 0 atom stereocenters. The Morgan fingerprint density at radius 3 is 2.89 bits per heavy atom. The SMILES string of the molecule is CCCCCN(C)S(=O)(=O)c1c(N)nc2sccn12. The van der Waals surface area contributed by atoms with Crippen LogP contribution in [-0.2, 0) is 10.0 Å². The van der Waals surface area contributed by atoms with Crippen LogP contribution in [0.4, 0.5) is 5.82 Å². The first-order valence-corrected chi connectivity index (χ1v) is 8.47. The molecule has 2 aromatic heterocycles. The Morgan fingerprint density at radius 1 is 1.47 bits per heavy atom. The van der Waals surface area contributed by atoms with E-state index in [1.54, 1.807) is 18.6 Å². The van der Waals surface area contributed by atoms with Gasteiger partial charge in [0.25, 0.3) is 10.0 Å². The van der Waals surface area contributed by atoms with Gasteiger partial charge < -0.3 is 5.73 Å². The zero-order valence-corrected chi connectivity index (χ0v) is 12.7. The summed E-state index contributed by atoms with van der Waals surface area (Å²) < 4.78 is 27.9. The van der Waals surface area contributed by atoms with Gasteiger partial charge in [0.1, 0.15) is 0 Å². The van der Waals surface area contributed by atoms with E-state index < -0.39 is 10.0 Å². The minimum atomic E-state index is -3.59. The number of nitrogens with zero attached hydrogens (tertiary/aromatic N) is 3. The van der Waals surface area contributed by atoms with Crippen molar-refractivity contribution in [2.45, 2.75) is 31.2 Å². The van der Waals surface area contributed by atoms with Gasteiger partial charge in [-0.3, -0.25) is 4.40 Å². The van der Waals surface area contributed by atoms with Crippen LogP contribution in [0.25, 0.3) is 4.96 Å². The third-order valence-corrected chi connectivity index (χ3v) is 5.63. The highest BCUT2D eigenvalue weighted by atomic mass is 32.2. The lowest BCUT2D eigenvalue weighted by molar-refractivity contribution is 0.451. The van der Waals surface area contributed by atoms with Crippen molar-refractivity contribution in [1.29, 1.82) is 0 Å². The van der Waals surface area contributed by atoms with Gasteiger partial charge in [-0.1, -0.05) is 19.8 Å². The van der Waals surface area contributed by atoms with Crippen molar-refractivity contribution in [1.82, 2.24) is 13.7 Å². The van der Waals surface area contributed by atoms with Gasteiger partial charge in [0, 0.05) is 25.2 Å². The maximum atomic E-state index is 12.5. The molecule has 19 heavy (non-hydrogen) atoms. The van der Waals surface area contributed by atoms with Gasteiger partial charge >= 0.3 is 0 Å². The van der Waals surface area contributed by atoms with E-state index in [4.69, 9.17) is 5.73 Å². The monoisotopic (exact) mass is 302 g/mol. The van der Waals surface area contributed by atoms with E-state index in [1.807, 2.05) is 0 Å². The Hall–Kier alpha value is -1.12. The third-order valence-electron chi connectivity index (χ3n) is 2.97. The largest absolute Gasteiger partial charge is 0.381 e. The molecule has 0 fully saturated rings. The topological polar surface area (TPSA) is 80.7 Å². The summed E-state index contributed by atoms with van der Waals surface area (Å²) in [6.07, 6.45) is 4.58. The number of hydrogen-bond donors (Lipinski definition) is 1. The van der Waals surface area contributed by atoms with Crippen LogP contribution in [0.3, 0.4) is 0 Å². The summed E-state index contributed by atoms with van der Waals surface area (Å²) in [5.41, 5.74) is 5.75. The molecular formula is C11H18N4O2S2. The molecule has 0 aliphatic carbocycles. The number of nitrogens with two attached hydrogens (primary N) is 1. The average Bonchev–Trinajstić information content (AvgIpc) is 2.88. The number of hydrogen-bond acceptors (Lipinski definition) is 5. The highest BCUT2D eigenvalue weighted by Crippen LogP contribution is 2.25. The first-order chi connectivity index (χ1) is 8.98. The molecule has 0 aromatic carbocycles. The van der Waals surface area contributed by atoms with Gasteiger partial charge in [0.05, 0.1) is 0 Å². The van der Waals surface area contributed by atoms with Crippen molar-refractivity contribution in [3.05, 3.63) is 11.6 Å². The van der Waals surface area contributed by atoms with Crippen LogP contribution in [0, 0.1) is 0 Å². The molecule has 2 aromatic rings. The first kappa shape index (κ1) is 14.3. The minimum absolute atomic E-state index is 0.0641. The molecule has 0 saturated heterocycles. The molecule has 0 saturated carbocycles. The predicted molar refractivity (Wildman–Crippen MR) is 76.8 cm³/mol. The second kappa shape index (κ2) is 5.48. The Balaban J connectivity index is 2.33. The van der Waals surface area contributed by atoms with E-state index in [0.29, 0.717) is 11.5 Å². The quantitative estimate of drug-likeness (QED) is 0.825. The Morgan fingerprint density at radius 2 is 2.21 bits per heavy atom. The molecule has 8 heteroatoms. The van der Waals surface area contributed by atoms with Crippen molar-refractivity contribution in [3.63, 3.8) is 0 Å². The average molecular weight is 302 g/mol. The fourth-order valence-electron chi connectivity index (χ4n) is 1.89. The molecule has 106 valence electrons. The molecule has 0 aliphatic rings. The standard InChI is InChI=1S/C11H18N4O2S2/c1-3-4-5-6-14(2)19(16,17)10-9(12)13-11-15(10)7-8-18-11/h7-8H,3-6,12H2,1-2H3. The second-order valence-electron chi connectivity index (χ2n) is 4.39. The minimum Gasteiger partial charge on any atom is -0.381 e. The zero-order chi connectivity index (χ0) is 14.0. The Labute approximate surface area is 116 Å². The van der Waals surface area contributed by atoms with Gasteiger partial charge in [-0.25, -0.2) is 13.4 Å². The van der Waals surface area contributed by atoms with Crippen molar-refractivity contribution in [3.8, 4) is 0 Å². The van der Waals surface area contributed by atoms with Crippen molar-refractivity contribution in [2.75, 3.05) is 19.3 Å². The van der Waals surface area contributed by atoms with Gasteiger partial charge in [-0.05, 0) is 6.42 Å². The van der Waals surface area contributed by atoms with Crippen LogP contribution in [0.2, 0.25) is 0 Å². The highest BCUT2D eigenvalue weighted by Gasteiger charge is 2.28. The molecule has 0 bridgehead atoms. The van der Waals surface area contributed by atoms with Crippen LogP contribution in [0.15, 0.2) is 16.6 Å². The van der Waals surface area contributed by atoms with Crippen LogP contribution in [0.1, 0.15) is 26.2 Å². The van der Waals surface area contributed by atoms with E-state index in [-0.39, 0.29) is 10.8 Å². The summed E-state index contributed by atoms with van der Waals surface area (Å²) in [6, 6.07) is 0. The lowest BCUT2D eigenvalue weighted by atomic mass is 10.2. The summed E-state index contributed by atoms with van der Waals surface area (Å²) in [5, 5.41) is 1.86. The van der Waals surface area contributed by atoms with E-state index >= 15 is 0 Å². The fourth-order valence-corrected chi connectivity index (χ4v) is 4.04. The summed E-state index contributed by atoms with van der Waals surface area (Å²) in [6.45, 7) is 2.57. The van der Waals surface area contributed by atoms with Crippen LogP contribution < -0.4 is 5.73 Å². The van der Waals surface area contributed by atoms with Gasteiger partial charge in [-0.15, -0.1) is 11.3 Å². The van der Waals surface area contributed by atoms with Crippen molar-refractivity contribution >= 4 is 32.1 Å². The number of imidazole rings is 1. The smallest absolute Gasteiger partial charge is 0.262 e. The number of thiazole rings is 1. The number of nitrogen functional groups attached to an aromatic ring is 1. The molecule has 2 heterocycles. The number of unbranched alkanes of at least 4 members (excludes halogenated alkanes) is 2. The highest BCUT2D eigenvalue weighted by molar-refractivity contribution is 7.89. The van der Waals surface area contributed by atoms with E-state index in [2.05, 4.69) is 11.9 Å². The number of aromatic nitrogens is 2. The molecule has 6 nitrogen and oxygen atoms in total. The lowest BCUT2D eigenvalue weighted by Gasteiger charge is -2.16. The molecule has 0 aliphatic heterocycles. The Bertz CT molecular complexity index is 659. The number of sulfonamides is 1. The number of fused-ring (bicyclic) bond motifs is 1. The van der Waals surface area contributed by atoms with Crippen LogP contribution in [-0.4, -0.2) is 35.7 Å². The maximum Gasteiger partial charge on any atom is 0.262 e. The van der Waals surface area contributed by atoms with E-state index in [9.17, 15) is 8.42 Å². The summed E-state index contributed by atoms with van der Waals surface area (Å²) in [7, 11) is -2.01. The molecule has 0 spiro atoms. The lowest BCUT2D eigenvalue weighted by Crippen LogP contribution is -2.29. The second-order valence-corrected chi connectivity index (χ2v) is 7.22. The number of rotatable bonds is 6. The summed E-state index contributed by atoms with van der Waals surface area (Å²) in [5.74, 6) is 0.0641. The first-order valence-electron chi connectivity index (χ1n) is 6.16. The normalized spacial score (nSPS) is 12.6. The maximum absolute atomic E-state index is 12.5. The third kappa shape index (κ3) is 2.60. The number of anilines is 1. The van der Waals surface area contributed by atoms with E-state index in [0.717, 1.165) is 19.3 Å². The fraction of sp³-hybridized carbons (Fsp3) is 0.545. The zero-order valence-electron chi connectivity index (χ0n) is 11.0. The van der Waals surface area contributed by atoms with Crippen molar-refractivity contribution in [2.24, 2.45) is 0 Å².